The zero-order valence-corrected chi connectivity index (χ0v) is 12.2. The lowest BCUT2D eigenvalue weighted by Crippen LogP contribution is -2.51. The normalized spacial score (nSPS) is 16.8. The average molecular weight is 285 g/mol. The van der Waals surface area contributed by atoms with E-state index < -0.39 is 17.4 Å². The van der Waals surface area contributed by atoms with E-state index in [4.69, 9.17) is 5.11 Å². The lowest BCUT2D eigenvalue weighted by molar-refractivity contribution is -0.153. The van der Waals surface area contributed by atoms with Gasteiger partial charge in [-0.2, -0.15) is 0 Å². The first kappa shape index (κ1) is 16.3. The molecule has 0 aromatic rings. The largest absolute Gasteiger partial charge is 0.481 e. The zero-order chi connectivity index (χ0) is 15.4. The number of hydrogen-bond donors (Lipinski definition) is 4. The van der Waals surface area contributed by atoms with Gasteiger partial charge >= 0.3 is 12.0 Å². The van der Waals surface area contributed by atoms with Gasteiger partial charge in [0.15, 0.2) is 0 Å². The molecule has 1 fully saturated rings. The van der Waals surface area contributed by atoms with Gasteiger partial charge in [0.1, 0.15) is 0 Å². The van der Waals surface area contributed by atoms with E-state index >= 15 is 0 Å². The number of carbonyl (C=O) groups excluding carboxylic acids is 2. The second kappa shape index (κ2) is 6.11. The van der Waals surface area contributed by atoms with Crippen molar-refractivity contribution in [3.63, 3.8) is 0 Å². The van der Waals surface area contributed by atoms with Crippen molar-refractivity contribution >= 4 is 17.9 Å². The molecule has 1 saturated carbocycles. The van der Waals surface area contributed by atoms with E-state index in [0.29, 0.717) is 12.8 Å². The molecule has 7 nitrogen and oxygen atoms in total. The summed E-state index contributed by atoms with van der Waals surface area (Å²) in [6, 6.07) is -0.526. The zero-order valence-electron chi connectivity index (χ0n) is 12.2. The Bertz CT molecular complexity index is 397. The van der Waals surface area contributed by atoms with Crippen LogP contribution in [0.4, 0.5) is 4.79 Å². The minimum absolute atomic E-state index is 0.0923. The summed E-state index contributed by atoms with van der Waals surface area (Å²) in [6.45, 7) is 5.49. The Balaban J connectivity index is 2.27. The molecule has 1 aliphatic carbocycles. The predicted octanol–water partition coefficient (Wildman–Crippen LogP) is 0.455. The highest BCUT2D eigenvalue weighted by Gasteiger charge is 2.44. The van der Waals surface area contributed by atoms with Gasteiger partial charge in [-0.05, 0) is 33.6 Å². The molecule has 20 heavy (non-hydrogen) atoms. The van der Waals surface area contributed by atoms with Crippen molar-refractivity contribution in [2.75, 3.05) is 13.1 Å². The van der Waals surface area contributed by atoms with Crippen molar-refractivity contribution in [1.29, 1.82) is 0 Å². The molecule has 0 spiro atoms. The van der Waals surface area contributed by atoms with Crippen LogP contribution in [-0.2, 0) is 9.59 Å². The third kappa shape index (κ3) is 4.71. The van der Waals surface area contributed by atoms with Crippen molar-refractivity contribution in [3.8, 4) is 0 Å². The molecule has 0 aliphatic heterocycles. The van der Waals surface area contributed by atoms with Gasteiger partial charge in [0.2, 0.25) is 5.91 Å². The molecule has 7 heteroatoms. The number of rotatable bonds is 5. The van der Waals surface area contributed by atoms with E-state index in [1.54, 1.807) is 0 Å². The van der Waals surface area contributed by atoms with Crippen LogP contribution in [0.25, 0.3) is 0 Å². The molecular formula is C13H23N3O4. The van der Waals surface area contributed by atoms with E-state index in [2.05, 4.69) is 16.0 Å². The maximum absolute atomic E-state index is 11.5. The second-order valence-electron chi connectivity index (χ2n) is 6.27. The average Bonchev–Trinajstić information content (AvgIpc) is 2.22. The maximum atomic E-state index is 11.5. The van der Waals surface area contributed by atoms with Crippen LogP contribution in [0.15, 0.2) is 0 Å². The van der Waals surface area contributed by atoms with Crippen molar-refractivity contribution in [2.24, 2.45) is 5.41 Å². The van der Waals surface area contributed by atoms with Crippen LogP contribution < -0.4 is 16.0 Å². The van der Waals surface area contributed by atoms with Crippen molar-refractivity contribution < 1.29 is 19.5 Å². The van der Waals surface area contributed by atoms with Crippen LogP contribution in [0.5, 0.6) is 0 Å². The predicted molar refractivity (Wildman–Crippen MR) is 73.2 cm³/mol. The molecule has 1 rings (SSSR count). The Hall–Kier alpha value is -1.79. The molecule has 0 unspecified atom stereocenters. The first-order chi connectivity index (χ1) is 9.15. The first-order valence-electron chi connectivity index (χ1n) is 6.71. The number of urea groups is 1. The summed E-state index contributed by atoms with van der Waals surface area (Å²) in [5.74, 6) is -1.17. The SMILES string of the molecule is CC(C)(C)NC(=O)CNC(=O)NCC1(C(=O)O)CCC1. The minimum atomic E-state index is -0.880. The van der Waals surface area contributed by atoms with Crippen LogP contribution >= 0.6 is 0 Å². The maximum Gasteiger partial charge on any atom is 0.315 e. The third-order valence-corrected chi connectivity index (χ3v) is 3.28. The van der Waals surface area contributed by atoms with E-state index in [-0.39, 0.29) is 24.5 Å². The number of carboxylic acids is 1. The number of nitrogens with one attached hydrogen (secondary N) is 3. The van der Waals surface area contributed by atoms with Gasteiger partial charge in [-0.3, -0.25) is 9.59 Å². The van der Waals surface area contributed by atoms with Gasteiger partial charge < -0.3 is 21.1 Å². The van der Waals surface area contributed by atoms with Crippen LogP contribution in [0, 0.1) is 5.41 Å². The highest BCUT2D eigenvalue weighted by molar-refractivity contribution is 5.84. The van der Waals surface area contributed by atoms with Gasteiger partial charge in [-0.1, -0.05) is 6.42 Å². The van der Waals surface area contributed by atoms with E-state index in [0.717, 1.165) is 6.42 Å². The summed E-state index contributed by atoms with van der Waals surface area (Å²) in [6.07, 6.45) is 2.02. The molecule has 0 atom stereocenters. The minimum Gasteiger partial charge on any atom is -0.481 e. The number of amides is 3. The number of carboxylic acid groups (broad SMARTS) is 1. The highest BCUT2D eigenvalue weighted by Crippen LogP contribution is 2.40. The molecule has 4 N–H and O–H groups in total. The monoisotopic (exact) mass is 285 g/mol. The summed E-state index contributed by atoms with van der Waals surface area (Å²) in [7, 11) is 0. The van der Waals surface area contributed by atoms with Crippen molar-refractivity contribution in [1.82, 2.24) is 16.0 Å². The Morgan fingerprint density at radius 3 is 2.15 bits per heavy atom. The molecule has 0 radical (unpaired) electrons. The third-order valence-electron chi connectivity index (χ3n) is 3.28. The Labute approximate surface area is 118 Å². The molecule has 0 aromatic heterocycles. The molecule has 0 aromatic carbocycles. The Kier molecular flexibility index (Phi) is 4.97. The molecule has 0 saturated heterocycles. The smallest absolute Gasteiger partial charge is 0.315 e. The van der Waals surface area contributed by atoms with Gasteiger partial charge in [0.05, 0.1) is 12.0 Å². The van der Waals surface area contributed by atoms with Crippen LogP contribution in [0.3, 0.4) is 0 Å². The van der Waals surface area contributed by atoms with Crippen LogP contribution in [0.1, 0.15) is 40.0 Å². The molecule has 3 amide bonds. The van der Waals surface area contributed by atoms with Crippen molar-refractivity contribution in [2.45, 2.75) is 45.6 Å². The van der Waals surface area contributed by atoms with E-state index in [1.165, 1.54) is 0 Å². The van der Waals surface area contributed by atoms with Crippen LogP contribution in [-0.4, -0.2) is 41.6 Å². The molecule has 114 valence electrons. The summed E-state index contributed by atoms with van der Waals surface area (Å²) < 4.78 is 0. The number of hydrogen-bond acceptors (Lipinski definition) is 3. The molecule has 1 aliphatic rings. The fraction of sp³-hybridized carbons (Fsp3) is 0.769. The molecule has 0 bridgehead atoms. The Morgan fingerprint density at radius 2 is 1.75 bits per heavy atom. The number of carbonyl (C=O) groups is 3. The van der Waals surface area contributed by atoms with E-state index in [1.807, 2.05) is 20.8 Å². The van der Waals surface area contributed by atoms with Gasteiger partial charge in [0.25, 0.3) is 0 Å². The summed E-state index contributed by atoms with van der Waals surface area (Å²) in [4.78, 5) is 34.1. The Morgan fingerprint density at radius 1 is 1.15 bits per heavy atom. The van der Waals surface area contributed by atoms with Gasteiger partial charge in [-0.15, -0.1) is 0 Å². The summed E-state index contributed by atoms with van der Waals surface area (Å²) in [5.41, 5.74) is -1.18. The summed E-state index contributed by atoms with van der Waals surface area (Å²) >= 11 is 0. The fourth-order valence-electron chi connectivity index (χ4n) is 2.00. The van der Waals surface area contributed by atoms with Gasteiger partial charge in [0, 0.05) is 12.1 Å². The fourth-order valence-corrected chi connectivity index (χ4v) is 2.00. The van der Waals surface area contributed by atoms with Crippen LogP contribution in [0.2, 0.25) is 0 Å². The highest BCUT2D eigenvalue weighted by atomic mass is 16.4. The first-order valence-corrected chi connectivity index (χ1v) is 6.71. The number of aliphatic carboxylic acids is 1. The summed E-state index contributed by atoms with van der Waals surface area (Å²) in [5, 5.41) is 16.7. The standard InChI is InChI=1S/C13H23N3O4/c1-12(2,3)16-9(17)7-14-11(20)15-8-13(10(18)19)5-4-6-13/h4-8H2,1-3H3,(H,16,17)(H,18,19)(H2,14,15,20). The quantitative estimate of drug-likeness (QED) is 0.588. The lowest BCUT2D eigenvalue weighted by Gasteiger charge is -2.37. The molecule has 0 heterocycles. The van der Waals surface area contributed by atoms with E-state index in [9.17, 15) is 14.4 Å². The van der Waals surface area contributed by atoms with Crippen molar-refractivity contribution in [3.05, 3.63) is 0 Å². The topological polar surface area (TPSA) is 108 Å². The lowest BCUT2D eigenvalue weighted by atomic mass is 9.69. The van der Waals surface area contributed by atoms with Gasteiger partial charge in [-0.25, -0.2) is 4.79 Å². The molecular weight excluding hydrogens is 262 g/mol. The second-order valence-corrected chi connectivity index (χ2v) is 6.27.